The van der Waals surface area contributed by atoms with Crippen LogP contribution in [-0.2, 0) is 4.74 Å². The van der Waals surface area contributed by atoms with Crippen LogP contribution in [0.1, 0.15) is 35.9 Å². The number of hydrogen-bond acceptors (Lipinski definition) is 8. The van der Waals surface area contributed by atoms with Gasteiger partial charge < -0.3 is 33.9 Å². The van der Waals surface area contributed by atoms with Crippen LogP contribution < -0.4 is 18.9 Å². The van der Waals surface area contributed by atoms with E-state index in [-0.39, 0.29) is 22.8 Å². The molecule has 30 heavy (non-hydrogen) atoms. The van der Waals surface area contributed by atoms with Crippen LogP contribution >= 0.6 is 0 Å². The summed E-state index contributed by atoms with van der Waals surface area (Å²) in [5, 5.41) is 20.4. The molecular weight excluding hydrogens is 392 g/mol. The van der Waals surface area contributed by atoms with Crippen molar-refractivity contribution in [1.82, 2.24) is 0 Å². The fourth-order valence-corrected chi connectivity index (χ4v) is 3.01. The van der Waals surface area contributed by atoms with Gasteiger partial charge in [-0.15, -0.1) is 0 Å². The van der Waals surface area contributed by atoms with Crippen LogP contribution in [0, 0.1) is 5.92 Å². The average Bonchev–Trinajstić information content (AvgIpc) is 2.75. The molecule has 0 bridgehead atoms. The van der Waals surface area contributed by atoms with Crippen molar-refractivity contribution < 1.29 is 38.7 Å². The molecule has 0 aliphatic carbocycles. The lowest BCUT2D eigenvalue weighted by Crippen LogP contribution is -2.26. The van der Waals surface area contributed by atoms with Gasteiger partial charge in [0.1, 0.15) is 6.10 Å². The quantitative estimate of drug-likeness (QED) is 0.596. The number of aromatic hydroxyl groups is 1. The van der Waals surface area contributed by atoms with Crippen LogP contribution in [0.25, 0.3) is 0 Å². The van der Waals surface area contributed by atoms with Gasteiger partial charge in [-0.05, 0) is 37.3 Å². The van der Waals surface area contributed by atoms with Crippen LogP contribution in [0.15, 0.2) is 30.3 Å². The third-order valence-electron chi connectivity index (χ3n) is 4.90. The Morgan fingerprint density at radius 3 is 2.03 bits per heavy atom. The largest absolute Gasteiger partial charge is 0.504 e. The Bertz CT molecular complexity index is 878. The summed E-state index contributed by atoms with van der Waals surface area (Å²) in [6.07, 6.45) is -1.65. The Morgan fingerprint density at radius 1 is 0.867 bits per heavy atom. The van der Waals surface area contributed by atoms with Gasteiger partial charge in [0.05, 0.1) is 40.1 Å². The zero-order valence-corrected chi connectivity index (χ0v) is 18.0. The zero-order valence-electron chi connectivity index (χ0n) is 18.0. The standard InChI is InChI=1S/C22H28O8/c1-12(13(2)23)20(15-9-16(24)21(29-6)19(11-15)28-5)30-22(25)14-7-8-17(26-3)18(10-14)27-4/h7-13,20,23-24H,1-6H3. The Balaban J connectivity index is 2.44. The molecule has 0 amide bonds. The first-order chi connectivity index (χ1) is 14.3. The molecule has 8 nitrogen and oxygen atoms in total. The number of aliphatic hydroxyl groups excluding tert-OH is 1. The highest BCUT2D eigenvalue weighted by molar-refractivity contribution is 5.90. The molecule has 0 aromatic heterocycles. The van der Waals surface area contributed by atoms with Crippen LogP contribution in [-0.4, -0.2) is 50.7 Å². The van der Waals surface area contributed by atoms with Gasteiger partial charge in [0.2, 0.25) is 5.75 Å². The lowest BCUT2D eigenvalue weighted by Gasteiger charge is -2.27. The Hall–Kier alpha value is -3.13. The maximum Gasteiger partial charge on any atom is 0.338 e. The van der Waals surface area contributed by atoms with E-state index in [1.807, 2.05) is 0 Å². The second-order valence-corrected chi connectivity index (χ2v) is 6.77. The zero-order chi connectivity index (χ0) is 22.4. The number of rotatable bonds is 9. The molecule has 2 N–H and O–H groups in total. The van der Waals surface area contributed by atoms with E-state index in [1.165, 1.54) is 40.6 Å². The van der Waals surface area contributed by atoms with Crippen LogP contribution in [0.2, 0.25) is 0 Å². The summed E-state index contributed by atoms with van der Waals surface area (Å²) < 4.78 is 26.6. The van der Waals surface area contributed by atoms with Crippen molar-refractivity contribution in [1.29, 1.82) is 0 Å². The van der Waals surface area contributed by atoms with E-state index in [2.05, 4.69) is 0 Å². The van der Waals surface area contributed by atoms with Crippen molar-refractivity contribution in [2.24, 2.45) is 5.92 Å². The topological polar surface area (TPSA) is 104 Å². The molecule has 0 aliphatic heterocycles. The van der Waals surface area contributed by atoms with Crippen LogP contribution in [0.4, 0.5) is 0 Å². The molecule has 2 rings (SSSR count). The van der Waals surface area contributed by atoms with Crippen molar-refractivity contribution in [2.75, 3.05) is 28.4 Å². The summed E-state index contributed by atoms with van der Waals surface area (Å²) in [6, 6.07) is 7.69. The maximum absolute atomic E-state index is 12.9. The number of esters is 1. The SMILES string of the molecule is COc1ccc(C(=O)OC(c2cc(O)c(OC)c(OC)c2)C(C)C(C)O)cc1OC. The molecular formula is C22H28O8. The predicted molar refractivity (Wildman–Crippen MR) is 110 cm³/mol. The molecule has 3 unspecified atom stereocenters. The first-order valence-electron chi connectivity index (χ1n) is 9.33. The van der Waals surface area contributed by atoms with Gasteiger partial charge in [-0.3, -0.25) is 0 Å². The van der Waals surface area contributed by atoms with Gasteiger partial charge in [0.15, 0.2) is 23.0 Å². The number of hydrogen-bond donors (Lipinski definition) is 2. The Kier molecular flexibility index (Phi) is 7.77. The molecule has 0 heterocycles. The molecule has 2 aromatic carbocycles. The van der Waals surface area contributed by atoms with Crippen molar-refractivity contribution in [3.8, 4) is 28.7 Å². The lowest BCUT2D eigenvalue weighted by molar-refractivity contribution is -0.0103. The fourth-order valence-electron chi connectivity index (χ4n) is 3.01. The first kappa shape index (κ1) is 23.2. The van der Waals surface area contributed by atoms with Crippen molar-refractivity contribution in [2.45, 2.75) is 26.1 Å². The minimum atomic E-state index is -0.865. The summed E-state index contributed by atoms with van der Waals surface area (Å²) in [5.74, 6) is 0.0307. The molecule has 3 atom stereocenters. The third kappa shape index (κ3) is 4.88. The van der Waals surface area contributed by atoms with Crippen LogP contribution in [0.5, 0.6) is 28.7 Å². The van der Waals surface area contributed by atoms with Gasteiger partial charge in [-0.1, -0.05) is 6.92 Å². The molecule has 0 fully saturated rings. The van der Waals surface area contributed by atoms with Gasteiger partial charge >= 0.3 is 5.97 Å². The van der Waals surface area contributed by atoms with E-state index in [4.69, 9.17) is 23.7 Å². The maximum atomic E-state index is 12.9. The van der Waals surface area contributed by atoms with E-state index < -0.39 is 24.1 Å². The summed E-state index contributed by atoms with van der Waals surface area (Å²) in [7, 11) is 5.81. The molecule has 8 heteroatoms. The number of aliphatic hydroxyl groups is 1. The highest BCUT2D eigenvalue weighted by Gasteiger charge is 2.30. The Labute approximate surface area is 175 Å². The van der Waals surface area contributed by atoms with E-state index in [0.717, 1.165) is 0 Å². The molecule has 0 saturated heterocycles. The molecule has 0 aliphatic rings. The molecule has 2 aromatic rings. The number of carbonyl (C=O) groups is 1. The minimum absolute atomic E-state index is 0.163. The molecule has 0 radical (unpaired) electrons. The van der Waals surface area contributed by atoms with Crippen molar-refractivity contribution in [3.63, 3.8) is 0 Å². The van der Waals surface area contributed by atoms with E-state index in [9.17, 15) is 15.0 Å². The monoisotopic (exact) mass is 420 g/mol. The van der Waals surface area contributed by atoms with Crippen LogP contribution in [0.3, 0.4) is 0 Å². The fraction of sp³-hybridized carbons (Fsp3) is 0.409. The number of phenols is 1. The van der Waals surface area contributed by atoms with Gasteiger partial charge in [-0.2, -0.15) is 0 Å². The van der Waals surface area contributed by atoms with Crippen molar-refractivity contribution >= 4 is 5.97 Å². The highest BCUT2D eigenvalue weighted by Crippen LogP contribution is 2.42. The normalized spacial score (nSPS) is 13.7. The number of carbonyl (C=O) groups excluding carboxylic acids is 1. The lowest BCUT2D eigenvalue weighted by atomic mass is 9.92. The van der Waals surface area contributed by atoms with Gasteiger partial charge in [0, 0.05) is 11.5 Å². The minimum Gasteiger partial charge on any atom is -0.504 e. The van der Waals surface area contributed by atoms with Gasteiger partial charge in [-0.25, -0.2) is 4.79 Å². The molecule has 0 saturated carbocycles. The number of benzene rings is 2. The molecule has 164 valence electrons. The summed E-state index contributed by atoms with van der Waals surface area (Å²) >= 11 is 0. The third-order valence-corrected chi connectivity index (χ3v) is 4.90. The number of phenolic OH excluding ortho intramolecular Hbond substituents is 1. The second kappa shape index (κ2) is 10.1. The summed E-state index contributed by atoms with van der Waals surface area (Å²) in [6.45, 7) is 3.34. The second-order valence-electron chi connectivity index (χ2n) is 6.77. The summed E-state index contributed by atoms with van der Waals surface area (Å²) in [4.78, 5) is 12.9. The first-order valence-corrected chi connectivity index (χ1v) is 9.33. The van der Waals surface area contributed by atoms with E-state index in [1.54, 1.807) is 32.0 Å². The van der Waals surface area contributed by atoms with Gasteiger partial charge in [0.25, 0.3) is 0 Å². The number of methoxy groups -OCH3 is 4. The van der Waals surface area contributed by atoms with Crippen molar-refractivity contribution in [3.05, 3.63) is 41.5 Å². The van der Waals surface area contributed by atoms with E-state index >= 15 is 0 Å². The highest BCUT2D eigenvalue weighted by atomic mass is 16.5. The molecule has 0 spiro atoms. The predicted octanol–water partition coefficient (Wildman–Crippen LogP) is 3.34. The van der Waals surface area contributed by atoms with E-state index in [0.29, 0.717) is 17.1 Å². The smallest absolute Gasteiger partial charge is 0.338 e. The summed E-state index contributed by atoms with van der Waals surface area (Å²) in [5.41, 5.74) is 0.701. The number of ether oxygens (including phenoxy) is 5. The Morgan fingerprint density at radius 2 is 1.50 bits per heavy atom. The average molecular weight is 420 g/mol.